The Balaban J connectivity index is 1.71. The third kappa shape index (κ3) is 5.96. The minimum Gasteiger partial charge on any atom is -0.347 e. The Morgan fingerprint density at radius 2 is 2.00 bits per heavy atom. The van der Waals surface area contributed by atoms with E-state index < -0.39 is 0 Å². The summed E-state index contributed by atoms with van der Waals surface area (Å²) in [7, 11) is 0. The Kier molecular flexibility index (Phi) is 7.25. The van der Waals surface area contributed by atoms with E-state index in [0.717, 1.165) is 38.0 Å². The fourth-order valence-electron chi connectivity index (χ4n) is 3.20. The topological polar surface area (TPSA) is 70.2 Å². The first-order chi connectivity index (χ1) is 11.6. The molecule has 5 heteroatoms. The largest absolute Gasteiger partial charge is 0.347 e. The van der Waals surface area contributed by atoms with Crippen molar-refractivity contribution in [2.75, 3.05) is 25.0 Å². The monoisotopic (exact) mass is 331 g/mol. The molecule has 132 valence electrons. The van der Waals surface area contributed by atoms with Gasteiger partial charge in [-0.3, -0.25) is 9.59 Å². The van der Waals surface area contributed by atoms with Gasteiger partial charge in [0.25, 0.3) is 0 Å². The molecule has 0 radical (unpaired) electrons. The highest BCUT2D eigenvalue weighted by molar-refractivity contribution is 5.94. The number of piperidine rings is 1. The van der Waals surface area contributed by atoms with Gasteiger partial charge in [0.05, 0.1) is 6.54 Å². The van der Waals surface area contributed by atoms with Crippen molar-refractivity contribution in [3.05, 3.63) is 29.8 Å². The number of aryl methyl sites for hydroxylation is 1. The third-order valence-corrected chi connectivity index (χ3v) is 4.76. The lowest BCUT2D eigenvalue weighted by molar-refractivity contribution is -0.125. The van der Waals surface area contributed by atoms with E-state index in [1.165, 1.54) is 5.56 Å². The lowest BCUT2D eigenvalue weighted by Crippen LogP contribution is -2.36. The van der Waals surface area contributed by atoms with Crippen LogP contribution in [0.4, 0.5) is 5.69 Å². The van der Waals surface area contributed by atoms with E-state index in [9.17, 15) is 9.59 Å². The Morgan fingerprint density at radius 3 is 2.71 bits per heavy atom. The molecule has 0 spiro atoms. The lowest BCUT2D eigenvalue weighted by Gasteiger charge is -2.27. The van der Waals surface area contributed by atoms with Crippen LogP contribution in [-0.2, 0) is 16.0 Å². The second-order valence-corrected chi connectivity index (χ2v) is 6.65. The predicted octanol–water partition coefficient (Wildman–Crippen LogP) is 2.33. The molecule has 0 bridgehead atoms. The number of hydrogen-bond donors (Lipinski definition) is 3. The van der Waals surface area contributed by atoms with Crippen LogP contribution in [0.2, 0.25) is 0 Å². The van der Waals surface area contributed by atoms with Gasteiger partial charge >= 0.3 is 0 Å². The molecule has 1 fully saturated rings. The van der Waals surface area contributed by atoms with Crippen molar-refractivity contribution in [2.45, 2.75) is 39.5 Å². The lowest BCUT2D eigenvalue weighted by atomic mass is 9.84. The normalized spacial score (nSPS) is 16.4. The summed E-state index contributed by atoms with van der Waals surface area (Å²) in [5.74, 6) is 0.726. The molecule has 2 rings (SSSR count). The number of benzene rings is 1. The number of anilines is 1. The molecule has 1 unspecified atom stereocenters. The zero-order valence-electron chi connectivity index (χ0n) is 14.7. The average Bonchev–Trinajstić information content (AvgIpc) is 2.61. The Hall–Kier alpha value is -1.88. The minimum absolute atomic E-state index is 0.0220. The first-order valence-corrected chi connectivity index (χ1v) is 8.94. The molecule has 1 aliphatic heterocycles. The van der Waals surface area contributed by atoms with Gasteiger partial charge in [0.15, 0.2) is 0 Å². The van der Waals surface area contributed by atoms with Crippen LogP contribution in [-0.4, -0.2) is 31.4 Å². The maximum absolute atomic E-state index is 12.0. The molecule has 1 heterocycles. The predicted molar refractivity (Wildman–Crippen MR) is 96.8 cm³/mol. The van der Waals surface area contributed by atoms with Crippen LogP contribution < -0.4 is 16.0 Å². The van der Waals surface area contributed by atoms with Gasteiger partial charge in [-0.15, -0.1) is 0 Å². The quantitative estimate of drug-likeness (QED) is 0.718. The summed E-state index contributed by atoms with van der Waals surface area (Å²) in [6, 6.07) is 7.77. The summed E-state index contributed by atoms with van der Waals surface area (Å²) < 4.78 is 0. The maximum atomic E-state index is 12.0. The van der Waals surface area contributed by atoms with Crippen molar-refractivity contribution < 1.29 is 9.59 Å². The molecule has 5 nitrogen and oxygen atoms in total. The minimum atomic E-state index is -0.189. The summed E-state index contributed by atoms with van der Waals surface area (Å²) >= 11 is 0. The molecule has 0 aromatic heterocycles. The van der Waals surface area contributed by atoms with Crippen LogP contribution in [0.25, 0.3) is 0 Å². The Labute approximate surface area is 144 Å². The second-order valence-electron chi connectivity index (χ2n) is 6.65. The van der Waals surface area contributed by atoms with Gasteiger partial charge in [-0.2, -0.15) is 0 Å². The summed E-state index contributed by atoms with van der Waals surface area (Å²) in [5, 5.41) is 8.90. The molecule has 2 amide bonds. The fraction of sp³-hybridized carbons (Fsp3) is 0.579. The highest BCUT2D eigenvalue weighted by Crippen LogP contribution is 2.24. The molecule has 0 saturated carbocycles. The number of carbonyl (C=O) groups excluding carboxylic acids is 2. The molecule has 0 aliphatic carbocycles. The van der Waals surface area contributed by atoms with Gasteiger partial charge in [-0.1, -0.05) is 26.0 Å². The van der Waals surface area contributed by atoms with Crippen LogP contribution >= 0.6 is 0 Å². The van der Waals surface area contributed by atoms with Gasteiger partial charge < -0.3 is 16.0 Å². The molecule has 24 heavy (non-hydrogen) atoms. The van der Waals surface area contributed by atoms with Crippen LogP contribution in [0.1, 0.15) is 38.7 Å². The summed E-state index contributed by atoms with van der Waals surface area (Å²) in [5.41, 5.74) is 1.95. The van der Waals surface area contributed by atoms with Gasteiger partial charge in [0.1, 0.15) is 0 Å². The van der Waals surface area contributed by atoms with E-state index in [4.69, 9.17) is 0 Å². The standard InChI is InChI=1S/C19H29N3O2/c1-3-15-5-4-6-17(12-15)22-19(24)13-21-18(23)11-14(2)16-7-9-20-10-8-16/h4-6,12,14,16,20H,3,7-11,13H2,1-2H3,(H,21,23)(H,22,24). The van der Waals surface area contributed by atoms with E-state index in [1.807, 2.05) is 24.3 Å². The fourth-order valence-corrected chi connectivity index (χ4v) is 3.20. The van der Waals surface area contributed by atoms with E-state index in [1.54, 1.807) is 0 Å². The first-order valence-electron chi connectivity index (χ1n) is 8.94. The molecule has 1 aromatic rings. The smallest absolute Gasteiger partial charge is 0.243 e. The van der Waals surface area contributed by atoms with Crippen LogP contribution in [0, 0.1) is 11.8 Å². The van der Waals surface area contributed by atoms with Gasteiger partial charge in [-0.25, -0.2) is 0 Å². The van der Waals surface area contributed by atoms with Gasteiger partial charge in [0.2, 0.25) is 11.8 Å². The Morgan fingerprint density at radius 1 is 1.25 bits per heavy atom. The molecule has 1 atom stereocenters. The van der Waals surface area contributed by atoms with Crippen molar-refractivity contribution in [1.82, 2.24) is 10.6 Å². The molecule has 1 saturated heterocycles. The van der Waals surface area contributed by atoms with E-state index in [2.05, 4.69) is 29.8 Å². The number of carbonyl (C=O) groups is 2. The van der Waals surface area contributed by atoms with E-state index in [-0.39, 0.29) is 18.4 Å². The molecule has 1 aliphatic rings. The Bertz CT molecular complexity index is 553. The maximum Gasteiger partial charge on any atom is 0.243 e. The first kappa shape index (κ1) is 18.5. The van der Waals surface area contributed by atoms with Gasteiger partial charge in [-0.05, 0) is 61.9 Å². The van der Waals surface area contributed by atoms with Crippen molar-refractivity contribution in [2.24, 2.45) is 11.8 Å². The number of hydrogen-bond acceptors (Lipinski definition) is 3. The zero-order chi connectivity index (χ0) is 17.4. The van der Waals surface area contributed by atoms with Crippen LogP contribution in [0.15, 0.2) is 24.3 Å². The zero-order valence-corrected chi connectivity index (χ0v) is 14.7. The highest BCUT2D eigenvalue weighted by atomic mass is 16.2. The van der Waals surface area contributed by atoms with Crippen molar-refractivity contribution in [3.63, 3.8) is 0 Å². The second kappa shape index (κ2) is 9.42. The SMILES string of the molecule is CCc1cccc(NC(=O)CNC(=O)CC(C)C2CCNCC2)c1. The van der Waals surface area contributed by atoms with Crippen molar-refractivity contribution in [3.8, 4) is 0 Å². The van der Waals surface area contributed by atoms with Crippen LogP contribution in [0.5, 0.6) is 0 Å². The van der Waals surface area contributed by atoms with E-state index in [0.29, 0.717) is 18.3 Å². The number of amides is 2. The highest BCUT2D eigenvalue weighted by Gasteiger charge is 2.22. The average molecular weight is 331 g/mol. The third-order valence-electron chi connectivity index (χ3n) is 4.76. The summed E-state index contributed by atoms with van der Waals surface area (Å²) in [6.45, 7) is 6.30. The van der Waals surface area contributed by atoms with Crippen molar-refractivity contribution >= 4 is 17.5 Å². The van der Waals surface area contributed by atoms with Crippen LogP contribution in [0.3, 0.4) is 0 Å². The summed E-state index contributed by atoms with van der Waals surface area (Å²) in [4.78, 5) is 24.0. The van der Waals surface area contributed by atoms with Gasteiger partial charge in [0, 0.05) is 12.1 Å². The van der Waals surface area contributed by atoms with Crippen molar-refractivity contribution in [1.29, 1.82) is 0 Å². The molecule has 3 N–H and O–H groups in total. The molecule has 1 aromatic carbocycles. The van der Waals surface area contributed by atoms with E-state index >= 15 is 0 Å². The number of nitrogens with one attached hydrogen (secondary N) is 3. The summed E-state index contributed by atoms with van der Waals surface area (Å²) in [6.07, 6.45) is 3.67. The molecular formula is C19H29N3O2. The number of rotatable bonds is 7. The molecular weight excluding hydrogens is 302 g/mol.